The number of hydrogen-bond acceptors (Lipinski definition) is 4. The minimum Gasteiger partial charge on any atom is -0.349 e. The van der Waals surface area contributed by atoms with Crippen LogP contribution in [0, 0.1) is 6.92 Å². The van der Waals surface area contributed by atoms with E-state index in [2.05, 4.69) is 35.1 Å². The van der Waals surface area contributed by atoms with Crippen molar-refractivity contribution in [3.8, 4) is 0 Å². The molecule has 1 aliphatic heterocycles. The highest BCUT2D eigenvalue weighted by Gasteiger charge is 2.33. The van der Waals surface area contributed by atoms with Crippen LogP contribution in [0.15, 0.2) is 23.8 Å². The quantitative estimate of drug-likeness (QED) is 0.736. The van der Waals surface area contributed by atoms with Gasteiger partial charge in [0, 0.05) is 31.1 Å². The van der Waals surface area contributed by atoms with Gasteiger partial charge in [-0.25, -0.2) is 4.98 Å². The second-order valence-electron chi connectivity index (χ2n) is 7.43. The van der Waals surface area contributed by atoms with Gasteiger partial charge < -0.3 is 5.32 Å². The summed E-state index contributed by atoms with van der Waals surface area (Å²) in [6, 6.07) is 2.44. The fourth-order valence-corrected chi connectivity index (χ4v) is 4.38. The molecule has 0 atom stereocenters. The summed E-state index contributed by atoms with van der Waals surface area (Å²) in [7, 11) is 0. The molecule has 3 heterocycles. The molecule has 0 bridgehead atoms. The van der Waals surface area contributed by atoms with Gasteiger partial charge in [0.1, 0.15) is 10.5 Å². The van der Waals surface area contributed by atoms with Gasteiger partial charge in [0.05, 0.1) is 4.88 Å². The number of halogens is 3. The molecule has 0 saturated carbocycles. The van der Waals surface area contributed by atoms with Crippen LogP contribution >= 0.6 is 11.3 Å². The number of carbonyl (C=O) groups is 1. The maximum atomic E-state index is 12.9. The van der Waals surface area contributed by atoms with E-state index in [4.69, 9.17) is 0 Å². The van der Waals surface area contributed by atoms with E-state index in [9.17, 15) is 18.0 Å². The number of thiophene rings is 1. The molecular weight excluding hydrogens is 387 g/mol. The van der Waals surface area contributed by atoms with E-state index >= 15 is 0 Å². The molecular formula is C20H24F3N3OS. The Morgan fingerprint density at radius 1 is 1.32 bits per heavy atom. The van der Waals surface area contributed by atoms with Crippen molar-refractivity contribution in [3.63, 3.8) is 0 Å². The summed E-state index contributed by atoms with van der Waals surface area (Å²) in [6.07, 6.45) is -0.568. The third kappa shape index (κ3) is 4.72. The van der Waals surface area contributed by atoms with Crippen LogP contribution in [0.2, 0.25) is 0 Å². The summed E-state index contributed by atoms with van der Waals surface area (Å²) in [6.45, 7) is 8.66. The lowest BCUT2D eigenvalue weighted by Gasteiger charge is -2.31. The lowest BCUT2D eigenvalue weighted by atomic mass is 10.0. The number of rotatable bonds is 4. The Morgan fingerprint density at radius 3 is 2.61 bits per heavy atom. The van der Waals surface area contributed by atoms with Gasteiger partial charge >= 0.3 is 6.18 Å². The van der Waals surface area contributed by atoms with Crippen LogP contribution < -0.4 is 5.32 Å². The molecule has 0 radical (unpaired) electrons. The minimum atomic E-state index is -4.49. The molecule has 2 aromatic heterocycles. The molecule has 0 aliphatic carbocycles. The van der Waals surface area contributed by atoms with E-state index < -0.39 is 11.9 Å². The number of fused-ring (bicyclic) bond motifs is 1. The van der Waals surface area contributed by atoms with E-state index in [-0.39, 0.29) is 16.8 Å². The normalized spacial score (nSPS) is 16.4. The predicted octanol–water partition coefficient (Wildman–Crippen LogP) is 4.78. The molecule has 28 heavy (non-hydrogen) atoms. The number of carbonyl (C=O) groups excluding carboxylic acids is 1. The van der Waals surface area contributed by atoms with Crippen molar-refractivity contribution in [2.45, 2.75) is 45.8 Å². The number of likely N-dealkylation sites (tertiary alicyclic amines) is 1. The summed E-state index contributed by atoms with van der Waals surface area (Å²) < 4.78 is 38.6. The Morgan fingerprint density at radius 2 is 2.00 bits per heavy atom. The van der Waals surface area contributed by atoms with Crippen molar-refractivity contribution in [2.75, 3.05) is 19.6 Å². The third-order valence-electron chi connectivity index (χ3n) is 4.98. The van der Waals surface area contributed by atoms with Crippen LogP contribution in [-0.4, -0.2) is 41.5 Å². The zero-order chi connectivity index (χ0) is 20.5. The fraction of sp³-hybridized carbons (Fsp3) is 0.500. The maximum absolute atomic E-state index is 12.9. The monoisotopic (exact) mass is 411 g/mol. The van der Waals surface area contributed by atoms with Crippen molar-refractivity contribution >= 4 is 27.5 Å². The largest absolute Gasteiger partial charge is 0.433 e. The van der Waals surface area contributed by atoms with Crippen LogP contribution in [0.4, 0.5) is 13.2 Å². The smallest absolute Gasteiger partial charge is 0.349 e. The summed E-state index contributed by atoms with van der Waals surface area (Å²) in [4.78, 5) is 19.4. The molecule has 0 unspecified atom stereocenters. The van der Waals surface area contributed by atoms with Gasteiger partial charge in [-0.1, -0.05) is 11.6 Å². The number of aryl methyl sites for hydroxylation is 1. The molecule has 8 heteroatoms. The second-order valence-corrected chi connectivity index (χ2v) is 8.43. The van der Waals surface area contributed by atoms with E-state index in [1.54, 1.807) is 6.92 Å². The first-order valence-electron chi connectivity index (χ1n) is 9.29. The topological polar surface area (TPSA) is 45.2 Å². The van der Waals surface area contributed by atoms with Gasteiger partial charge in [-0.2, -0.15) is 13.2 Å². The number of alkyl halides is 3. The molecule has 0 spiro atoms. The van der Waals surface area contributed by atoms with Crippen molar-refractivity contribution in [2.24, 2.45) is 0 Å². The Bertz CT molecular complexity index is 892. The fourth-order valence-electron chi connectivity index (χ4n) is 3.30. The first-order chi connectivity index (χ1) is 13.1. The highest BCUT2D eigenvalue weighted by atomic mass is 32.1. The van der Waals surface area contributed by atoms with Crippen molar-refractivity contribution < 1.29 is 18.0 Å². The number of amides is 1. The van der Waals surface area contributed by atoms with Crippen LogP contribution in [-0.2, 0) is 6.18 Å². The molecule has 4 nitrogen and oxygen atoms in total. The Kier molecular flexibility index (Phi) is 6.09. The third-order valence-corrected chi connectivity index (χ3v) is 6.18. The SMILES string of the molecule is CC(C)=CCN1CCC(NC(=O)c2sc3nc(C(F)(F)F)ccc3c2C)CC1. The zero-order valence-corrected chi connectivity index (χ0v) is 17.0. The first kappa shape index (κ1) is 20.8. The average molecular weight is 411 g/mol. The molecule has 1 saturated heterocycles. The van der Waals surface area contributed by atoms with Gasteiger partial charge in [-0.05, 0) is 51.3 Å². The van der Waals surface area contributed by atoms with Crippen LogP contribution in [0.25, 0.3) is 10.2 Å². The zero-order valence-electron chi connectivity index (χ0n) is 16.2. The van der Waals surface area contributed by atoms with E-state index in [1.165, 1.54) is 11.6 Å². The van der Waals surface area contributed by atoms with E-state index in [0.29, 0.717) is 15.8 Å². The number of nitrogens with zero attached hydrogens (tertiary/aromatic N) is 2. The van der Waals surface area contributed by atoms with Gasteiger partial charge in [0.15, 0.2) is 0 Å². The number of aromatic nitrogens is 1. The molecule has 1 aliphatic rings. The summed E-state index contributed by atoms with van der Waals surface area (Å²) in [5.74, 6) is -0.225. The first-order valence-corrected chi connectivity index (χ1v) is 10.1. The molecule has 2 aromatic rings. The number of allylic oxidation sites excluding steroid dienone is 1. The summed E-state index contributed by atoms with van der Waals surface area (Å²) in [5.41, 5.74) is 1.04. The van der Waals surface area contributed by atoms with Crippen LogP contribution in [0.3, 0.4) is 0 Å². The average Bonchev–Trinajstić information content (AvgIpc) is 2.97. The lowest BCUT2D eigenvalue weighted by Crippen LogP contribution is -2.44. The number of piperidine rings is 1. The maximum Gasteiger partial charge on any atom is 0.433 e. The number of pyridine rings is 1. The van der Waals surface area contributed by atoms with Gasteiger partial charge in [-0.15, -0.1) is 11.3 Å². The Hall–Kier alpha value is -1.93. The highest BCUT2D eigenvalue weighted by molar-refractivity contribution is 7.20. The molecule has 0 aromatic carbocycles. The van der Waals surface area contributed by atoms with Gasteiger partial charge in [0.2, 0.25) is 0 Å². The number of hydrogen-bond donors (Lipinski definition) is 1. The van der Waals surface area contributed by atoms with Crippen molar-refractivity contribution in [1.29, 1.82) is 0 Å². The molecule has 1 amide bonds. The predicted molar refractivity (Wildman–Crippen MR) is 106 cm³/mol. The Labute approximate surface area is 166 Å². The summed E-state index contributed by atoms with van der Waals surface area (Å²) in [5, 5.41) is 3.64. The second kappa shape index (κ2) is 8.21. The molecule has 1 N–H and O–H groups in total. The van der Waals surface area contributed by atoms with Crippen molar-refractivity contribution in [3.05, 3.63) is 39.9 Å². The Balaban J connectivity index is 1.67. The molecule has 1 fully saturated rings. The van der Waals surface area contributed by atoms with Gasteiger partial charge in [0.25, 0.3) is 5.91 Å². The number of nitrogens with one attached hydrogen (secondary N) is 1. The molecule has 3 rings (SSSR count). The lowest BCUT2D eigenvalue weighted by molar-refractivity contribution is -0.140. The van der Waals surface area contributed by atoms with Crippen LogP contribution in [0.5, 0.6) is 0 Å². The van der Waals surface area contributed by atoms with E-state index in [0.717, 1.165) is 49.9 Å². The highest BCUT2D eigenvalue weighted by Crippen LogP contribution is 2.34. The molecule has 152 valence electrons. The summed E-state index contributed by atoms with van der Waals surface area (Å²) >= 11 is 1.02. The van der Waals surface area contributed by atoms with Crippen LogP contribution in [0.1, 0.15) is 47.6 Å². The van der Waals surface area contributed by atoms with E-state index in [1.807, 2.05) is 0 Å². The van der Waals surface area contributed by atoms with Crippen molar-refractivity contribution in [1.82, 2.24) is 15.2 Å². The van der Waals surface area contributed by atoms with Gasteiger partial charge in [-0.3, -0.25) is 9.69 Å². The standard InChI is InChI=1S/C20H24F3N3OS/c1-12(2)6-9-26-10-7-14(8-11-26)24-18(27)17-13(3)15-4-5-16(20(21,22)23)25-19(15)28-17/h4-6,14H,7-11H2,1-3H3,(H,24,27). The minimum absolute atomic E-state index is 0.0822.